The van der Waals surface area contributed by atoms with Crippen LogP contribution in [0, 0.1) is 0 Å². The lowest BCUT2D eigenvalue weighted by Gasteiger charge is -2.47. The summed E-state index contributed by atoms with van der Waals surface area (Å²) in [5.41, 5.74) is 1.54. The van der Waals surface area contributed by atoms with Crippen LogP contribution in [0.2, 0.25) is 5.02 Å². The van der Waals surface area contributed by atoms with Gasteiger partial charge in [0.05, 0.1) is 13.2 Å². The van der Waals surface area contributed by atoms with E-state index in [1.165, 1.54) is 0 Å². The van der Waals surface area contributed by atoms with Gasteiger partial charge in [-0.15, -0.1) is 11.8 Å². The zero-order valence-corrected chi connectivity index (χ0v) is 17.7. The molecule has 0 radical (unpaired) electrons. The van der Waals surface area contributed by atoms with Crippen molar-refractivity contribution in [1.29, 1.82) is 0 Å². The van der Waals surface area contributed by atoms with E-state index in [0.29, 0.717) is 18.2 Å². The fourth-order valence-electron chi connectivity index (χ4n) is 3.61. The highest BCUT2D eigenvalue weighted by Crippen LogP contribution is 2.38. The number of aliphatic hydroxyl groups excluding tert-OH is 1. The average molecular weight is 437 g/mol. The van der Waals surface area contributed by atoms with Crippen molar-refractivity contribution in [3.05, 3.63) is 70.7 Å². The molecule has 2 aromatic rings. The van der Waals surface area contributed by atoms with Gasteiger partial charge in [0.2, 0.25) is 0 Å². The molecule has 0 aliphatic carbocycles. The van der Waals surface area contributed by atoms with Gasteiger partial charge in [-0.1, -0.05) is 61.0 Å². The van der Waals surface area contributed by atoms with Crippen LogP contribution in [-0.4, -0.2) is 47.3 Å². The van der Waals surface area contributed by atoms with E-state index in [1.54, 1.807) is 11.8 Å². The molecule has 2 fully saturated rings. The van der Waals surface area contributed by atoms with E-state index in [1.807, 2.05) is 61.5 Å². The maximum Gasteiger partial charge on any atom is 0.184 e. The molecule has 0 aromatic heterocycles. The van der Waals surface area contributed by atoms with E-state index < -0.39 is 24.6 Å². The summed E-state index contributed by atoms with van der Waals surface area (Å²) >= 11 is 7.53. The highest BCUT2D eigenvalue weighted by molar-refractivity contribution is 7.99. The van der Waals surface area contributed by atoms with Crippen LogP contribution in [0.4, 0.5) is 0 Å². The first kappa shape index (κ1) is 21.1. The number of hydrogen-bond acceptors (Lipinski definition) is 6. The second-order valence-electron chi connectivity index (χ2n) is 7.07. The topological polar surface area (TPSA) is 57.2 Å². The molecular weight excluding hydrogens is 412 g/mol. The van der Waals surface area contributed by atoms with Crippen molar-refractivity contribution < 1.29 is 24.1 Å². The third-order valence-corrected chi connectivity index (χ3v) is 6.37. The van der Waals surface area contributed by atoms with E-state index >= 15 is 0 Å². The van der Waals surface area contributed by atoms with Gasteiger partial charge in [-0.2, -0.15) is 0 Å². The summed E-state index contributed by atoms with van der Waals surface area (Å²) in [4.78, 5) is 0. The Morgan fingerprint density at radius 1 is 1.10 bits per heavy atom. The predicted molar refractivity (Wildman–Crippen MR) is 113 cm³/mol. The van der Waals surface area contributed by atoms with E-state index in [0.717, 1.165) is 16.9 Å². The highest BCUT2D eigenvalue weighted by Gasteiger charge is 2.50. The molecule has 2 saturated heterocycles. The van der Waals surface area contributed by atoms with Crippen LogP contribution >= 0.6 is 23.4 Å². The van der Waals surface area contributed by atoms with Crippen LogP contribution in [0.5, 0.6) is 0 Å². The van der Waals surface area contributed by atoms with Crippen molar-refractivity contribution in [3.63, 3.8) is 0 Å². The molecule has 2 aromatic carbocycles. The molecule has 4 rings (SSSR count). The molecule has 2 aliphatic heterocycles. The van der Waals surface area contributed by atoms with Crippen LogP contribution < -0.4 is 0 Å². The molecule has 2 heterocycles. The zero-order valence-electron chi connectivity index (χ0n) is 16.1. The lowest BCUT2D eigenvalue weighted by Crippen LogP contribution is -2.61. The highest BCUT2D eigenvalue weighted by atomic mass is 35.5. The van der Waals surface area contributed by atoms with Crippen LogP contribution in [0.25, 0.3) is 0 Å². The van der Waals surface area contributed by atoms with Gasteiger partial charge in [0, 0.05) is 10.6 Å². The monoisotopic (exact) mass is 436 g/mol. The Hall–Kier alpha value is -1.12. The predicted octanol–water partition coefficient (Wildman–Crippen LogP) is 4.18. The van der Waals surface area contributed by atoms with E-state index in [-0.39, 0.29) is 11.5 Å². The zero-order chi connectivity index (χ0) is 20.2. The molecule has 0 unspecified atom stereocenters. The Morgan fingerprint density at radius 2 is 1.86 bits per heavy atom. The van der Waals surface area contributed by atoms with Gasteiger partial charge in [0.25, 0.3) is 0 Å². The average Bonchev–Trinajstić information content (AvgIpc) is 2.75. The van der Waals surface area contributed by atoms with Crippen molar-refractivity contribution in [2.75, 3.05) is 12.4 Å². The molecular formula is C22H25ClO5S. The molecule has 29 heavy (non-hydrogen) atoms. The van der Waals surface area contributed by atoms with Crippen molar-refractivity contribution in [3.8, 4) is 0 Å². The number of rotatable bonds is 6. The standard InChI is InChI=1S/C22H25ClO5S/c1-2-29-22-18(24)20(25-12-14-8-10-16(23)11-9-14)19-17(27-22)13-26-21(28-19)15-6-4-3-5-7-15/h3-11,17-22,24H,2,12-13H2,1H3/t17-,18-,19-,20-,21-,22+/m1/s1. The van der Waals surface area contributed by atoms with Gasteiger partial charge in [-0.25, -0.2) is 0 Å². The summed E-state index contributed by atoms with van der Waals surface area (Å²) in [6.07, 6.45) is -2.56. The van der Waals surface area contributed by atoms with Gasteiger partial charge >= 0.3 is 0 Å². The van der Waals surface area contributed by atoms with Gasteiger partial charge in [-0.3, -0.25) is 0 Å². The fraction of sp³-hybridized carbons (Fsp3) is 0.455. The lowest BCUT2D eigenvalue weighted by atomic mass is 9.98. The Kier molecular flexibility index (Phi) is 7.13. The number of ether oxygens (including phenoxy) is 4. The van der Waals surface area contributed by atoms with Crippen LogP contribution in [0.15, 0.2) is 54.6 Å². The molecule has 0 amide bonds. The largest absolute Gasteiger partial charge is 0.387 e. The van der Waals surface area contributed by atoms with Crippen molar-refractivity contribution in [1.82, 2.24) is 0 Å². The molecule has 5 nitrogen and oxygen atoms in total. The lowest BCUT2D eigenvalue weighted by molar-refractivity contribution is -0.325. The number of halogens is 1. The second kappa shape index (κ2) is 9.79. The van der Waals surface area contributed by atoms with Gasteiger partial charge < -0.3 is 24.1 Å². The van der Waals surface area contributed by atoms with Crippen LogP contribution in [-0.2, 0) is 25.6 Å². The first-order valence-electron chi connectivity index (χ1n) is 9.79. The van der Waals surface area contributed by atoms with E-state index in [2.05, 4.69) is 0 Å². The summed E-state index contributed by atoms with van der Waals surface area (Å²) in [7, 11) is 0. The Bertz CT molecular complexity index is 775. The molecule has 2 aliphatic rings. The molecule has 0 saturated carbocycles. The van der Waals surface area contributed by atoms with Crippen molar-refractivity contribution in [2.24, 2.45) is 0 Å². The maximum atomic E-state index is 11.0. The third kappa shape index (κ3) is 4.97. The number of benzene rings is 2. The molecule has 0 spiro atoms. The third-order valence-electron chi connectivity index (χ3n) is 5.07. The van der Waals surface area contributed by atoms with Gasteiger partial charge in [0.1, 0.15) is 29.9 Å². The Labute approximate surface area is 180 Å². The van der Waals surface area contributed by atoms with Crippen molar-refractivity contribution in [2.45, 2.75) is 49.7 Å². The first-order chi connectivity index (χ1) is 14.2. The van der Waals surface area contributed by atoms with Crippen LogP contribution in [0.1, 0.15) is 24.3 Å². The quantitative estimate of drug-likeness (QED) is 0.733. The summed E-state index contributed by atoms with van der Waals surface area (Å²) < 4.78 is 24.4. The van der Waals surface area contributed by atoms with Gasteiger partial charge in [0.15, 0.2) is 6.29 Å². The summed E-state index contributed by atoms with van der Waals surface area (Å²) in [6, 6.07) is 17.3. The molecule has 1 N–H and O–H groups in total. The number of fused-ring (bicyclic) bond motifs is 1. The molecule has 7 heteroatoms. The van der Waals surface area contributed by atoms with Gasteiger partial charge in [-0.05, 0) is 23.4 Å². The van der Waals surface area contributed by atoms with E-state index in [9.17, 15) is 5.11 Å². The minimum absolute atomic E-state index is 0.294. The van der Waals surface area contributed by atoms with Crippen molar-refractivity contribution >= 4 is 23.4 Å². The summed E-state index contributed by atoms with van der Waals surface area (Å²) in [6.45, 7) is 2.78. The molecule has 156 valence electrons. The van der Waals surface area contributed by atoms with Crippen LogP contribution in [0.3, 0.4) is 0 Å². The first-order valence-corrected chi connectivity index (χ1v) is 11.2. The Morgan fingerprint density at radius 3 is 2.59 bits per heavy atom. The number of hydrogen-bond donors (Lipinski definition) is 1. The fourth-order valence-corrected chi connectivity index (χ4v) is 4.64. The minimum atomic E-state index is -0.803. The summed E-state index contributed by atoms with van der Waals surface area (Å²) in [5.74, 6) is 0.831. The summed E-state index contributed by atoms with van der Waals surface area (Å²) in [5, 5.41) is 11.6. The number of thioether (sulfide) groups is 1. The second-order valence-corrected chi connectivity index (χ2v) is 8.88. The normalized spacial score (nSPS) is 32.0. The SMILES string of the molecule is CCS[C@@H]1O[C@@H]2CO[C@@H](c3ccccc3)O[C@H]2[C@H](OCc2ccc(Cl)cc2)[C@H]1O. The maximum absolute atomic E-state index is 11.0. The Balaban J connectivity index is 1.51. The molecule has 0 bridgehead atoms. The van der Waals surface area contributed by atoms with E-state index in [4.69, 9.17) is 30.5 Å². The minimum Gasteiger partial charge on any atom is -0.387 e. The molecule has 6 atom stereocenters. The smallest absolute Gasteiger partial charge is 0.184 e. The number of aliphatic hydroxyl groups is 1.